The molecule has 0 aliphatic heterocycles. The Morgan fingerprint density at radius 1 is 0.805 bits per heavy atom. The lowest BCUT2D eigenvalue weighted by molar-refractivity contribution is -0.148. The Labute approximate surface area is 243 Å². The molecule has 0 saturated carbocycles. The second-order valence-electron chi connectivity index (χ2n) is 9.69. The van der Waals surface area contributed by atoms with E-state index >= 15 is 0 Å². The first-order chi connectivity index (χ1) is 19.7. The molecule has 0 radical (unpaired) electrons. The Kier molecular flexibility index (Phi) is 18.6. The van der Waals surface area contributed by atoms with E-state index < -0.39 is 30.4 Å². The van der Waals surface area contributed by atoms with Gasteiger partial charge in [0.25, 0.3) is 0 Å². The summed E-state index contributed by atoms with van der Waals surface area (Å²) < 4.78 is 31.2. The molecule has 1 N–H and O–H groups in total. The molecule has 0 aliphatic carbocycles. The van der Waals surface area contributed by atoms with Crippen molar-refractivity contribution in [2.45, 2.75) is 104 Å². The maximum Gasteiger partial charge on any atom is 0.513 e. The van der Waals surface area contributed by atoms with E-state index in [1.54, 1.807) is 13.0 Å². The van der Waals surface area contributed by atoms with Crippen molar-refractivity contribution in [1.29, 1.82) is 0 Å². The van der Waals surface area contributed by atoms with Crippen molar-refractivity contribution < 1.29 is 47.6 Å². The molecule has 0 amide bonds. The lowest BCUT2D eigenvalue weighted by Crippen LogP contribution is -2.43. The van der Waals surface area contributed by atoms with Crippen LogP contribution in [0, 0.1) is 0 Å². The Hall–Kier alpha value is -3.34. The van der Waals surface area contributed by atoms with E-state index in [1.807, 2.05) is 20.8 Å². The van der Waals surface area contributed by atoms with Crippen LogP contribution in [0.5, 0.6) is 11.5 Å². The fourth-order valence-corrected chi connectivity index (χ4v) is 3.67. The van der Waals surface area contributed by atoms with Gasteiger partial charge in [0.2, 0.25) is 0 Å². The van der Waals surface area contributed by atoms with Gasteiger partial charge in [-0.15, -0.1) is 0 Å². The van der Waals surface area contributed by atoms with Crippen molar-refractivity contribution in [3.05, 3.63) is 23.8 Å². The molecule has 11 nitrogen and oxygen atoms in total. The maximum atomic E-state index is 12.5. The van der Waals surface area contributed by atoms with Gasteiger partial charge in [0.05, 0.1) is 20.3 Å². The summed E-state index contributed by atoms with van der Waals surface area (Å²) in [6.07, 6.45) is 4.94. The molecule has 232 valence electrons. The first-order valence-corrected chi connectivity index (χ1v) is 14.6. The number of esters is 2. The second-order valence-corrected chi connectivity index (χ2v) is 9.69. The average molecular weight is 582 g/mol. The second kappa shape index (κ2) is 21.4. The highest BCUT2D eigenvalue weighted by Crippen LogP contribution is 2.30. The van der Waals surface area contributed by atoms with Gasteiger partial charge >= 0.3 is 24.2 Å². The molecule has 0 spiro atoms. The van der Waals surface area contributed by atoms with Crippen LogP contribution in [-0.2, 0) is 35.0 Å². The molecule has 1 rings (SSSR count). The molecule has 0 fully saturated rings. The van der Waals surface area contributed by atoms with Gasteiger partial charge in [-0.1, -0.05) is 58.9 Å². The molecular weight excluding hydrogens is 534 g/mol. The molecule has 11 heteroatoms. The number of methoxy groups -OCH3 is 1. The summed E-state index contributed by atoms with van der Waals surface area (Å²) in [5.74, 6) is -0.910. The Balaban J connectivity index is 2.98. The summed E-state index contributed by atoms with van der Waals surface area (Å²) in [7, 11) is 1.28. The maximum absolute atomic E-state index is 12.5. The number of rotatable bonds is 20. The number of nitrogens with one attached hydrogen (secondary N) is 1. The summed E-state index contributed by atoms with van der Waals surface area (Å²) in [5, 5.41) is 3.07. The number of hydrogen-bond acceptors (Lipinski definition) is 11. The Morgan fingerprint density at radius 3 is 1.95 bits per heavy atom. The molecule has 41 heavy (non-hydrogen) atoms. The van der Waals surface area contributed by atoms with Gasteiger partial charge in [-0.2, -0.15) is 0 Å². The van der Waals surface area contributed by atoms with Crippen LogP contribution in [0.3, 0.4) is 0 Å². The van der Waals surface area contributed by atoms with Gasteiger partial charge in [-0.3, -0.25) is 9.59 Å². The fraction of sp³-hybridized carbons (Fsp3) is 0.667. The summed E-state index contributed by atoms with van der Waals surface area (Å²) >= 11 is 0. The molecule has 1 aromatic rings. The van der Waals surface area contributed by atoms with Gasteiger partial charge in [0.15, 0.2) is 11.5 Å². The number of hydrogen-bond donors (Lipinski definition) is 1. The van der Waals surface area contributed by atoms with Gasteiger partial charge in [-0.25, -0.2) is 9.59 Å². The molecule has 0 saturated heterocycles. The van der Waals surface area contributed by atoms with E-state index in [9.17, 15) is 19.2 Å². The zero-order chi connectivity index (χ0) is 30.5. The van der Waals surface area contributed by atoms with Crippen molar-refractivity contribution in [2.75, 3.05) is 26.9 Å². The van der Waals surface area contributed by atoms with Crippen LogP contribution in [0.25, 0.3) is 0 Å². The minimum Gasteiger partial charge on any atom is -0.468 e. The van der Waals surface area contributed by atoms with Crippen molar-refractivity contribution in [1.82, 2.24) is 5.32 Å². The van der Waals surface area contributed by atoms with E-state index in [0.717, 1.165) is 38.5 Å². The van der Waals surface area contributed by atoms with E-state index in [2.05, 4.69) is 5.32 Å². The van der Waals surface area contributed by atoms with Crippen LogP contribution in [0.1, 0.15) is 91.0 Å². The van der Waals surface area contributed by atoms with Crippen molar-refractivity contribution in [2.24, 2.45) is 0 Å². The third kappa shape index (κ3) is 15.9. The first kappa shape index (κ1) is 35.7. The lowest BCUT2D eigenvalue weighted by atomic mass is 10.0. The number of carbonyl (C=O) groups is 4. The van der Waals surface area contributed by atoms with Gasteiger partial charge in [0, 0.05) is 13.0 Å². The van der Waals surface area contributed by atoms with Crippen molar-refractivity contribution in [3.63, 3.8) is 0 Å². The molecule has 0 heterocycles. The summed E-state index contributed by atoms with van der Waals surface area (Å²) in [6.45, 7) is 8.41. The van der Waals surface area contributed by atoms with Gasteiger partial charge in [0.1, 0.15) is 12.1 Å². The molecular formula is C30H47NO10. The van der Waals surface area contributed by atoms with Crippen LogP contribution in [-0.4, -0.2) is 63.3 Å². The van der Waals surface area contributed by atoms with E-state index in [0.29, 0.717) is 24.8 Å². The lowest BCUT2D eigenvalue weighted by Gasteiger charge is -2.20. The highest BCUT2D eigenvalue weighted by molar-refractivity contribution is 5.76. The molecule has 0 aromatic heterocycles. The first-order valence-electron chi connectivity index (χ1n) is 14.6. The van der Waals surface area contributed by atoms with Gasteiger partial charge < -0.3 is 33.7 Å². The molecule has 0 bridgehead atoms. The number of benzene rings is 1. The largest absolute Gasteiger partial charge is 0.513 e. The summed E-state index contributed by atoms with van der Waals surface area (Å²) in [4.78, 5) is 49.0. The normalized spacial score (nSPS) is 12.1. The minimum absolute atomic E-state index is 0.0325. The number of unbranched alkanes of at least 4 members (excludes halogenated alkanes) is 5. The topological polar surface area (TPSA) is 136 Å². The quantitative estimate of drug-likeness (QED) is 0.0854. The van der Waals surface area contributed by atoms with E-state index in [1.165, 1.54) is 19.2 Å². The molecule has 2 atom stereocenters. The SMILES string of the molecule is CCCCCOC(=O)Oc1ccc(C[C@H](NCC(C)OC(=O)CCCC)C(=O)OC)cc1OC(=O)OCCCCC. The Morgan fingerprint density at radius 2 is 1.39 bits per heavy atom. The molecule has 0 aliphatic rings. The van der Waals surface area contributed by atoms with E-state index in [4.69, 9.17) is 28.4 Å². The number of carbonyl (C=O) groups excluding carboxylic acids is 4. The third-order valence-corrected chi connectivity index (χ3v) is 5.97. The van der Waals surface area contributed by atoms with Crippen LogP contribution >= 0.6 is 0 Å². The van der Waals surface area contributed by atoms with Gasteiger partial charge in [-0.05, 0) is 50.3 Å². The smallest absolute Gasteiger partial charge is 0.468 e. The van der Waals surface area contributed by atoms with E-state index in [-0.39, 0.29) is 43.6 Å². The fourth-order valence-electron chi connectivity index (χ4n) is 3.67. The predicted molar refractivity (Wildman–Crippen MR) is 152 cm³/mol. The summed E-state index contributed by atoms with van der Waals surface area (Å²) in [6, 6.07) is 3.78. The Bertz CT molecular complexity index is 936. The zero-order valence-corrected chi connectivity index (χ0v) is 25.2. The monoisotopic (exact) mass is 581 g/mol. The van der Waals surface area contributed by atoms with Crippen LogP contribution < -0.4 is 14.8 Å². The van der Waals surface area contributed by atoms with Crippen molar-refractivity contribution in [3.8, 4) is 11.5 Å². The highest BCUT2D eigenvalue weighted by Gasteiger charge is 2.23. The van der Waals surface area contributed by atoms with Crippen LogP contribution in [0.15, 0.2) is 18.2 Å². The zero-order valence-electron chi connectivity index (χ0n) is 25.2. The molecule has 1 unspecified atom stereocenters. The molecule has 1 aromatic carbocycles. The summed E-state index contributed by atoms with van der Waals surface area (Å²) in [5.41, 5.74) is 0.581. The third-order valence-electron chi connectivity index (χ3n) is 5.97. The number of ether oxygens (including phenoxy) is 6. The standard InChI is InChI=1S/C30H47NO10/c1-6-9-12-17-37-29(34)40-25-16-15-23(20-26(25)41-30(35)38-18-13-10-7-2)19-24(28(33)36-5)31-21-22(4)39-27(32)14-11-8-3/h15-16,20,22,24,31H,6-14,17-19,21H2,1-5H3/t22?,24-/m0/s1. The van der Waals surface area contributed by atoms with Crippen molar-refractivity contribution >= 4 is 24.2 Å². The average Bonchev–Trinajstić information content (AvgIpc) is 2.95. The minimum atomic E-state index is -0.944. The van der Waals surface area contributed by atoms with Crippen LogP contribution in [0.2, 0.25) is 0 Å². The predicted octanol–water partition coefficient (Wildman–Crippen LogP) is 5.89. The highest BCUT2D eigenvalue weighted by atomic mass is 16.7. The van der Waals surface area contributed by atoms with Crippen LogP contribution in [0.4, 0.5) is 9.59 Å².